The third-order valence-electron chi connectivity index (χ3n) is 6.29. The molecule has 2 bridgehead atoms. The van der Waals surface area contributed by atoms with Gasteiger partial charge >= 0.3 is 5.69 Å². The van der Waals surface area contributed by atoms with Crippen LogP contribution in [0.4, 0.5) is 10.1 Å². The number of nitro groups is 1. The lowest BCUT2D eigenvalue weighted by Gasteiger charge is -2.13. The molecule has 33 heavy (non-hydrogen) atoms. The van der Waals surface area contributed by atoms with Gasteiger partial charge in [0.05, 0.1) is 23.0 Å². The van der Waals surface area contributed by atoms with E-state index in [2.05, 4.69) is 5.10 Å². The molecule has 1 saturated carbocycles. The number of imide groups is 1. The van der Waals surface area contributed by atoms with Crippen molar-refractivity contribution in [1.29, 1.82) is 0 Å². The number of halogens is 2. The third-order valence-corrected chi connectivity index (χ3v) is 6.51. The number of nitro benzene ring substituents is 1. The molecule has 3 aliphatic rings. The maximum Gasteiger partial charge on any atom is 0.313 e. The molecule has 1 heterocycles. The van der Waals surface area contributed by atoms with Crippen molar-refractivity contribution in [2.24, 2.45) is 28.8 Å². The van der Waals surface area contributed by atoms with Gasteiger partial charge in [-0.05, 0) is 42.0 Å². The first-order chi connectivity index (χ1) is 15.8. The number of ether oxygens (including phenoxy) is 1. The summed E-state index contributed by atoms with van der Waals surface area (Å²) in [6.45, 7) is -0.151. The van der Waals surface area contributed by atoms with E-state index in [9.17, 15) is 24.1 Å². The van der Waals surface area contributed by atoms with E-state index < -0.39 is 28.3 Å². The predicted octanol–water partition coefficient (Wildman–Crippen LogP) is 4.11. The van der Waals surface area contributed by atoms with Gasteiger partial charge in [0.1, 0.15) is 12.4 Å². The molecule has 0 spiro atoms. The van der Waals surface area contributed by atoms with Crippen LogP contribution in [0.2, 0.25) is 5.02 Å². The number of carbonyl (C=O) groups is 2. The lowest BCUT2D eigenvalue weighted by molar-refractivity contribution is -0.385. The van der Waals surface area contributed by atoms with Gasteiger partial charge in [0.25, 0.3) is 11.8 Å². The highest BCUT2D eigenvalue weighted by Crippen LogP contribution is 2.52. The molecule has 2 aliphatic carbocycles. The topological polar surface area (TPSA) is 102 Å². The minimum absolute atomic E-state index is 0.0362. The average Bonchev–Trinajstić information content (AvgIpc) is 3.45. The van der Waals surface area contributed by atoms with Crippen molar-refractivity contribution < 1.29 is 23.6 Å². The summed E-state index contributed by atoms with van der Waals surface area (Å²) < 4.78 is 19.1. The van der Waals surface area contributed by atoms with Gasteiger partial charge in [-0.15, -0.1) is 0 Å². The zero-order valence-electron chi connectivity index (χ0n) is 17.1. The van der Waals surface area contributed by atoms with Crippen molar-refractivity contribution in [3.05, 3.63) is 80.6 Å². The van der Waals surface area contributed by atoms with E-state index in [0.717, 1.165) is 23.7 Å². The number of rotatable bonds is 6. The molecular weight excluding hydrogens is 453 g/mol. The Morgan fingerprint density at radius 3 is 2.52 bits per heavy atom. The molecule has 5 rings (SSSR count). The molecule has 0 radical (unpaired) electrons. The first kappa shape index (κ1) is 21.3. The molecule has 2 amide bonds. The minimum atomic E-state index is -0.663. The molecule has 0 aromatic heterocycles. The van der Waals surface area contributed by atoms with E-state index in [-0.39, 0.29) is 46.6 Å². The Kier molecular flexibility index (Phi) is 5.20. The van der Waals surface area contributed by atoms with Gasteiger partial charge in [0, 0.05) is 16.7 Å². The molecule has 0 N–H and O–H groups in total. The van der Waals surface area contributed by atoms with Gasteiger partial charge < -0.3 is 4.74 Å². The Morgan fingerprint density at radius 1 is 1.18 bits per heavy atom. The smallest absolute Gasteiger partial charge is 0.313 e. The zero-order chi connectivity index (χ0) is 23.3. The summed E-state index contributed by atoms with van der Waals surface area (Å²) in [7, 11) is 0. The van der Waals surface area contributed by atoms with Crippen LogP contribution in [-0.2, 0) is 16.2 Å². The van der Waals surface area contributed by atoms with E-state index >= 15 is 0 Å². The standard InChI is InChI=1S/C23H17ClFN3O5/c24-16-8-15(10-26-27-22(29)19-13-4-5-14(7-13)20(19)23(27)30)21(18(9-16)28(31)32)33-11-12-2-1-3-17(25)6-12/h1-6,8-10,13-14,19-20H,7,11H2. The maximum absolute atomic E-state index is 13.5. The normalized spacial score (nSPS) is 25.3. The quantitative estimate of drug-likeness (QED) is 0.208. The number of hydrazone groups is 1. The molecule has 4 atom stereocenters. The van der Waals surface area contributed by atoms with Crippen molar-refractivity contribution in [1.82, 2.24) is 5.01 Å². The summed E-state index contributed by atoms with van der Waals surface area (Å²) in [6.07, 6.45) is 5.90. The summed E-state index contributed by atoms with van der Waals surface area (Å²) >= 11 is 6.05. The Bertz CT molecular complexity index is 1220. The molecule has 168 valence electrons. The highest BCUT2D eigenvalue weighted by atomic mass is 35.5. The number of carbonyl (C=O) groups excluding carboxylic acids is 2. The highest BCUT2D eigenvalue weighted by Gasteiger charge is 2.59. The summed E-state index contributed by atoms with van der Waals surface area (Å²) in [4.78, 5) is 36.6. The van der Waals surface area contributed by atoms with Crippen LogP contribution in [0.1, 0.15) is 17.5 Å². The molecule has 2 aromatic carbocycles. The van der Waals surface area contributed by atoms with E-state index in [1.165, 1.54) is 24.3 Å². The van der Waals surface area contributed by atoms with Gasteiger partial charge in [-0.3, -0.25) is 19.7 Å². The molecule has 2 aromatic rings. The van der Waals surface area contributed by atoms with Crippen LogP contribution in [0.15, 0.2) is 53.7 Å². The molecule has 8 nitrogen and oxygen atoms in total. The summed E-state index contributed by atoms with van der Waals surface area (Å²) in [5, 5.41) is 16.6. The van der Waals surface area contributed by atoms with Gasteiger partial charge in [-0.1, -0.05) is 35.9 Å². The van der Waals surface area contributed by atoms with E-state index in [0.29, 0.717) is 5.56 Å². The predicted molar refractivity (Wildman–Crippen MR) is 116 cm³/mol. The Hall–Kier alpha value is -3.59. The van der Waals surface area contributed by atoms with Gasteiger partial charge in [0.15, 0.2) is 0 Å². The van der Waals surface area contributed by atoms with Crippen molar-refractivity contribution >= 4 is 35.3 Å². The zero-order valence-corrected chi connectivity index (χ0v) is 17.8. The van der Waals surface area contributed by atoms with Crippen LogP contribution in [0.5, 0.6) is 5.75 Å². The number of hydrogen-bond acceptors (Lipinski definition) is 6. The fourth-order valence-electron chi connectivity index (χ4n) is 4.89. The van der Waals surface area contributed by atoms with Crippen LogP contribution < -0.4 is 4.74 Å². The number of allylic oxidation sites excluding steroid dienone is 2. The van der Waals surface area contributed by atoms with Crippen molar-refractivity contribution in [3.63, 3.8) is 0 Å². The Labute approximate surface area is 192 Å². The molecule has 1 aliphatic heterocycles. The SMILES string of the molecule is O=C1C2C3C=CC(C3)C2C(=O)N1N=Cc1cc(Cl)cc([N+](=O)[O-])c1OCc1cccc(F)c1. The Balaban J connectivity index is 1.45. The fraction of sp³-hybridized carbons (Fsp3) is 0.261. The van der Waals surface area contributed by atoms with Crippen LogP contribution in [0.25, 0.3) is 0 Å². The van der Waals surface area contributed by atoms with Gasteiger partial charge in [-0.2, -0.15) is 10.1 Å². The van der Waals surface area contributed by atoms with E-state index in [4.69, 9.17) is 16.3 Å². The number of nitrogens with zero attached hydrogens (tertiary/aromatic N) is 3. The van der Waals surface area contributed by atoms with Crippen molar-refractivity contribution in [3.8, 4) is 5.75 Å². The van der Waals surface area contributed by atoms with Crippen LogP contribution >= 0.6 is 11.6 Å². The number of fused-ring (bicyclic) bond motifs is 5. The van der Waals surface area contributed by atoms with Gasteiger partial charge in [-0.25, -0.2) is 4.39 Å². The second-order valence-corrected chi connectivity index (χ2v) is 8.69. The number of benzene rings is 2. The largest absolute Gasteiger partial charge is 0.481 e. The summed E-state index contributed by atoms with van der Waals surface area (Å²) in [5.74, 6) is -2.14. The fourth-order valence-corrected chi connectivity index (χ4v) is 5.11. The van der Waals surface area contributed by atoms with Crippen LogP contribution in [-0.4, -0.2) is 28.0 Å². The maximum atomic E-state index is 13.5. The lowest BCUT2D eigenvalue weighted by atomic mass is 9.85. The molecule has 4 unspecified atom stereocenters. The third kappa shape index (κ3) is 3.68. The first-order valence-corrected chi connectivity index (χ1v) is 10.7. The second kappa shape index (κ2) is 8.08. The van der Waals surface area contributed by atoms with E-state index in [1.807, 2.05) is 12.2 Å². The molecule has 10 heteroatoms. The lowest BCUT2D eigenvalue weighted by Crippen LogP contribution is -2.28. The first-order valence-electron chi connectivity index (χ1n) is 10.3. The molecule has 1 saturated heterocycles. The van der Waals surface area contributed by atoms with Crippen LogP contribution in [0, 0.1) is 39.6 Å². The van der Waals surface area contributed by atoms with Crippen molar-refractivity contribution in [2.75, 3.05) is 0 Å². The number of amides is 2. The second-order valence-electron chi connectivity index (χ2n) is 8.25. The Morgan fingerprint density at radius 2 is 1.88 bits per heavy atom. The van der Waals surface area contributed by atoms with Gasteiger partial charge in [0.2, 0.25) is 5.75 Å². The van der Waals surface area contributed by atoms with Crippen LogP contribution in [0.3, 0.4) is 0 Å². The highest BCUT2D eigenvalue weighted by molar-refractivity contribution is 6.31. The average molecular weight is 470 g/mol. The van der Waals surface area contributed by atoms with Crippen molar-refractivity contribution in [2.45, 2.75) is 13.0 Å². The minimum Gasteiger partial charge on any atom is -0.481 e. The van der Waals surface area contributed by atoms with E-state index in [1.54, 1.807) is 6.07 Å². The summed E-state index contributed by atoms with van der Waals surface area (Å²) in [5.41, 5.74) is 0.158. The summed E-state index contributed by atoms with van der Waals surface area (Å²) in [6, 6.07) is 8.14. The molecule has 2 fully saturated rings. The molecular formula is C23H17ClFN3O5. The number of hydrogen-bond donors (Lipinski definition) is 0. The monoisotopic (exact) mass is 469 g/mol.